The first kappa shape index (κ1) is 17.3. The highest BCUT2D eigenvalue weighted by Gasteiger charge is 2.35. The number of carbonyl (C=O) groups excluding carboxylic acids is 1. The van der Waals surface area contributed by atoms with Crippen LogP contribution in [0.2, 0.25) is 0 Å². The van der Waals surface area contributed by atoms with E-state index in [2.05, 4.69) is 32.6 Å². The molecule has 1 aliphatic rings. The van der Waals surface area contributed by atoms with Crippen LogP contribution in [0.25, 0.3) is 0 Å². The molecule has 0 bridgehead atoms. The topological polar surface area (TPSA) is 32.8 Å². The van der Waals surface area contributed by atoms with Crippen LogP contribution in [0.15, 0.2) is 0 Å². The Morgan fingerprint density at radius 1 is 1.15 bits per heavy atom. The maximum Gasteiger partial charge on any atom is 0.410 e. The predicted octanol–water partition coefficient (Wildman–Crippen LogP) is 3.36. The quantitative estimate of drug-likeness (QED) is 0.740. The number of likely N-dealkylation sites (tertiary alicyclic amines) is 1. The fourth-order valence-corrected chi connectivity index (χ4v) is 2.63. The van der Waals surface area contributed by atoms with E-state index in [0.717, 1.165) is 19.5 Å². The highest BCUT2D eigenvalue weighted by atomic mass is 16.6. The van der Waals surface area contributed by atoms with Crippen LogP contribution < -0.4 is 0 Å². The number of piperidine rings is 1. The third-order valence-corrected chi connectivity index (χ3v) is 3.82. The molecule has 0 N–H and O–H groups in total. The van der Waals surface area contributed by atoms with Crippen molar-refractivity contribution in [2.24, 2.45) is 5.92 Å². The number of hydrogen-bond acceptors (Lipinski definition) is 3. The average molecular weight is 284 g/mol. The largest absolute Gasteiger partial charge is 0.444 e. The van der Waals surface area contributed by atoms with Gasteiger partial charge >= 0.3 is 6.09 Å². The van der Waals surface area contributed by atoms with Crippen LogP contribution in [-0.4, -0.2) is 53.2 Å². The van der Waals surface area contributed by atoms with E-state index in [-0.39, 0.29) is 17.7 Å². The van der Waals surface area contributed by atoms with Crippen molar-refractivity contribution >= 4 is 6.09 Å². The van der Waals surface area contributed by atoms with Crippen molar-refractivity contribution in [3.05, 3.63) is 0 Å². The Morgan fingerprint density at radius 2 is 1.70 bits per heavy atom. The molecule has 1 saturated heterocycles. The molecule has 20 heavy (non-hydrogen) atoms. The second-order valence-electron chi connectivity index (χ2n) is 8.16. The molecular formula is C16H32N2O2. The Morgan fingerprint density at radius 3 is 2.15 bits per heavy atom. The van der Waals surface area contributed by atoms with Gasteiger partial charge in [-0.05, 0) is 53.9 Å². The van der Waals surface area contributed by atoms with Crippen molar-refractivity contribution in [3.63, 3.8) is 0 Å². The zero-order valence-corrected chi connectivity index (χ0v) is 14.5. The molecule has 0 aromatic rings. The lowest BCUT2D eigenvalue weighted by molar-refractivity contribution is -0.00427. The first-order valence-corrected chi connectivity index (χ1v) is 7.61. The van der Waals surface area contributed by atoms with Crippen LogP contribution in [-0.2, 0) is 4.74 Å². The molecule has 1 rings (SSSR count). The molecule has 118 valence electrons. The second kappa shape index (κ2) is 5.92. The standard InChI is InChI=1S/C16H32N2O2/c1-12-9-13(11-18(10-12)15(2,3)4)17(8)14(19)20-16(5,6)7/h12-13H,9-11H2,1-8H3. The Hall–Kier alpha value is -0.770. The number of amides is 1. The molecule has 0 aromatic heterocycles. The fraction of sp³-hybridized carbons (Fsp3) is 0.938. The summed E-state index contributed by atoms with van der Waals surface area (Å²) in [6, 6.07) is 0.229. The molecule has 0 saturated carbocycles. The van der Waals surface area contributed by atoms with Crippen molar-refractivity contribution < 1.29 is 9.53 Å². The molecule has 1 fully saturated rings. The van der Waals surface area contributed by atoms with Gasteiger partial charge in [0.05, 0.1) is 0 Å². The third-order valence-electron chi connectivity index (χ3n) is 3.82. The Labute approximate surface area is 124 Å². The number of ether oxygens (including phenoxy) is 1. The number of carbonyl (C=O) groups is 1. The number of likely N-dealkylation sites (N-methyl/N-ethyl adjacent to an activating group) is 1. The smallest absolute Gasteiger partial charge is 0.410 e. The van der Waals surface area contributed by atoms with Crippen molar-refractivity contribution in [2.75, 3.05) is 20.1 Å². The minimum Gasteiger partial charge on any atom is -0.444 e. The molecule has 4 nitrogen and oxygen atoms in total. The highest BCUT2D eigenvalue weighted by molar-refractivity contribution is 5.68. The number of rotatable bonds is 1. The van der Waals surface area contributed by atoms with Crippen molar-refractivity contribution in [3.8, 4) is 0 Å². The summed E-state index contributed by atoms with van der Waals surface area (Å²) in [6.45, 7) is 16.7. The van der Waals surface area contributed by atoms with Gasteiger partial charge in [0, 0.05) is 31.7 Å². The third kappa shape index (κ3) is 4.97. The number of nitrogens with zero attached hydrogens (tertiary/aromatic N) is 2. The van der Waals surface area contributed by atoms with Gasteiger partial charge in [0.15, 0.2) is 0 Å². The van der Waals surface area contributed by atoms with Gasteiger partial charge in [-0.25, -0.2) is 4.79 Å². The monoisotopic (exact) mass is 284 g/mol. The molecule has 2 atom stereocenters. The Balaban J connectivity index is 2.72. The van der Waals surface area contributed by atoms with Gasteiger partial charge in [-0.2, -0.15) is 0 Å². The van der Waals surface area contributed by atoms with E-state index < -0.39 is 5.60 Å². The van der Waals surface area contributed by atoms with Crippen molar-refractivity contribution in [2.45, 2.75) is 72.1 Å². The van der Waals surface area contributed by atoms with Crippen LogP contribution >= 0.6 is 0 Å². The lowest BCUT2D eigenvalue weighted by Gasteiger charge is -2.46. The van der Waals surface area contributed by atoms with Gasteiger partial charge in [-0.15, -0.1) is 0 Å². The van der Waals surface area contributed by atoms with Crippen LogP contribution in [0.4, 0.5) is 4.79 Å². The SMILES string of the molecule is CC1CC(N(C)C(=O)OC(C)(C)C)CN(C(C)(C)C)C1. The average Bonchev–Trinajstić information content (AvgIpc) is 2.23. The molecule has 0 aliphatic carbocycles. The van der Waals surface area contributed by atoms with Gasteiger partial charge in [-0.3, -0.25) is 4.90 Å². The summed E-state index contributed by atoms with van der Waals surface area (Å²) in [5, 5.41) is 0. The van der Waals surface area contributed by atoms with Gasteiger partial charge in [0.1, 0.15) is 5.60 Å². The summed E-state index contributed by atoms with van der Waals surface area (Å²) < 4.78 is 5.48. The van der Waals surface area contributed by atoms with Crippen molar-refractivity contribution in [1.29, 1.82) is 0 Å². The maximum absolute atomic E-state index is 12.2. The van der Waals surface area contributed by atoms with Gasteiger partial charge in [0.25, 0.3) is 0 Å². The second-order valence-corrected chi connectivity index (χ2v) is 8.16. The summed E-state index contributed by atoms with van der Waals surface area (Å²) in [4.78, 5) is 16.4. The molecule has 0 aromatic carbocycles. The normalized spacial score (nSPS) is 25.4. The molecular weight excluding hydrogens is 252 g/mol. The van der Waals surface area contributed by atoms with E-state index in [1.807, 2.05) is 27.8 Å². The zero-order valence-electron chi connectivity index (χ0n) is 14.5. The minimum absolute atomic E-state index is 0.141. The van der Waals surface area contributed by atoms with E-state index in [9.17, 15) is 4.79 Å². The molecule has 0 spiro atoms. The van der Waals surface area contributed by atoms with E-state index in [1.54, 1.807) is 4.90 Å². The van der Waals surface area contributed by atoms with Crippen LogP contribution in [0.5, 0.6) is 0 Å². The predicted molar refractivity (Wildman–Crippen MR) is 82.9 cm³/mol. The molecule has 1 heterocycles. The lowest BCUT2D eigenvalue weighted by Crippen LogP contribution is -2.56. The molecule has 1 amide bonds. The maximum atomic E-state index is 12.2. The fourth-order valence-electron chi connectivity index (χ4n) is 2.63. The van der Waals surface area contributed by atoms with Gasteiger partial charge in [0.2, 0.25) is 0 Å². The summed E-state index contributed by atoms with van der Waals surface area (Å²) in [5.74, 6) is 0.595. The Bertz CT molecular complexity index is 341. The molecule has 4 heteroatoms. The summed E-state index contributed by atoms with van der Waals surface area (Å²) >= 11 is 0. The van der Waals surface area contributed by atoms with E-state index in [0.29, 0.717) is 5.92 Å². The molecule has 0 radical (unpaired) electrons. The molecule has 1 aliphatic heterocycles. The van der Waals surface area contributed by atoms with Gasteiger partial charge in [-0.1, -0.05) is 6.92 Å². The first-order chi connectivity index (χ1) is 8.90. The summed E-state index contributed by atoms with van der Waals surface area (Å²) in [7, 11) is 1.86. The van der Waals surface area contributed by atoms with Crippen LogP contribution in [0.1, 0.15) is 54.9 Å². The first-order valence-electron chi connectivity index (χ1n) is 7.61. The van der Waals surface area contributed by atoms with E-state index in [1.165, 1.54) is 0 Å². The lowest BCUT2D eigenvalue weighted by atomic mass is 9.91. The summed E-state index contributed by atoms with van der Waals surface area (Å²) in [6.07, 6.45) is 0.827. The zero-order chi connectivity index (χ0) is 15.7. The van der Waals surface area contributed by atoms with Crippen LogP contribution in [0.3, 0.4) is 0 Å². The minimum atomic E-state index is -0.435. The van der Waals surface area contributed by atoms with E-state index >= 15 is 0 Å². The van der Waals surface area contributed by atoms with Crippen molar-refractivity contribution in [1.82, 2.24) is 9.80 Å². The highest BCUT2D eigenvalue weighted by Crippen LogP contribution is 2.26. The van der Waals surface area contributed by atoms with Crippen LogP contribution in [0, 0.1) is 5.92 Å². The summed E-state index contributed by atoms with van der Waals surface area (Å²) in [5.41, 5.74) is -0.295. The van der Waals surface area contributed by atoms with Gasteiger partial charge < -0.3 is 9.64 Å². The molecule has 2 unspecified atom stereocenters. The van der Waals surface area contributed by atoms with E-state index in [4.69, 9.17) is 4.74 Å². The Kier molecular flexibility index (Phi) is 5.12. The number of hydrogen-bond donors (Lipinski definition) is 0.